The summed E-state index contributed by atoms with van der Waals surface area (Å²) in [6.07, 6.45) is 3.94. The molecule has 0 bridgehead atoms. The quantitative estimate of drug-likeness (QED) is 0.662. The van der Waals surface area contributed by atoms with E-state index in [1.165, 1.54) is 11.1 Å². The first-order valence-corrected chi connectivity index (χ1v) is 6.36. The summed E-state index contributed by atoms with van der Waals surface area (Å²) < 4.78 is 6.80. The van der Waals surface area contributed by atoms with Crippen LogP contribution >= 0.6 is 15.9 Å². The highest BCUT2D eigenvalue weighted by Crippen LogP contribution is 2.32. The first kappa shape index (κ1) is 11.7. The van der Waals surface area contributed by atoms with Crippen LogP contribution in [-0.2, 0) is 13.0 Å². The monoisotopic (exact) mass is 281 g/mol. The summed E-state index contributed by atoms with van der Waals surface area (Å²) in [7, 11) is 0. The number of halogens is 1. The molecule has 86 valence electrons. The molecule has 0 atom stereocenters. The molecule has 2 nitrogen and oxygen atoms in total. The van der Waals surface area contributed by atoms with Crippen molar-refractivity contribution in [1.82, 2.24) is 5.32 Å². The van der Waals surface area contributed by atoms with Crippen LogP contribution in [0.25, 0.3) is 0 Å². The van der Waals surface area contributed by atoms with Gasteiger partial charge in [0, 0.05) is 23.0 Å². The molecule has 1 aliphatic heterocycles. The van der Waals surface area contributed by atoms with Gasteiger partial charge in [-0.25, -0.2) is 0 Å². The van der Waals surface area contributed by atoms with Crippen LogP contribution in [0, 0.1) is 0 Å². The number of rotatable bonds is 5. The fraction of sp³-hybridized carbons (Fsp3) is 0.385. The summed E-state index contributed by atoms with van der Waals surface area (Å²) in [4.78, 5) is 0. The van der Waals surface area contributed by atoms with E-state index in [0.717, 1.165) is 42.8 Å². The molecule has 1 aliphatic rings. The zero-order valence-corrected chi connectivity index (χ0v) is 10.8. The van der Waals surface area contributed by atoms with Crippen molar-refractivity contribution in [2.75, 3.05) is 13.2 Å². The normalized spacial score (nSPS) is 13.3. The number of fused-ring (bicyclic) bond motifs is 1. The van der Waals surface area contributed by atoms with Gasteiger partial charge in [-0.05, 0) is 30.7 Å². The van der Waals surface area contributed by atoms with Gasteiger partial charge in [-0.2, -0.15) is 0 Å². The predicted octanol–water partition coefficient (Wildman–Crippen LogP) is 3.05. The number of ether oxygens (including phenoxy) is 1. The van der Waals surface area contributed by atoms with E-state index in [-0.39, 0.29) is 0 Å². The highest BCUT2D eigenvalue weighted by Gasteiger charge is 2.16. The summed E-state index contributed by atoms with van der Waals surface area (Å²) >= 11 is 3.54. The Morgan fingerprint density at radius 2 is 2.38 bits per heavy atom. The smallest absolute Gasteiger partial charge is 0.127 e. The van der Waals surface area contributed by atoms with E-state index in [9.17, 15) is 0 Å². The van der Waals surface area contributed by atoms with Gasteiger partial charge in [0.2, 0.25) is 0 Å². The van der Waals surface area contributed by atoms with Crippen LogP contribution < -0.4 is 10.1 Å². The minimum Gasteiger partial charge on any atom is -0.493 e. The second-order valence-corrected chi connectivity index (χ2v) is 4.82. The maximum absolute atomic E-state index is 5.66. The zero-order valence-electron chi connectivity index (χ0n) is 9.26. The Balaban J connectivity index is 2.05. The fourth-order valence-electron chi connectivity index (χ4n) is 1.90. The predicted molar refractivity (Wildman–Crippen MR) is 69.9 cm³/mol. The van der Waals surface area contributed by atoms with Crippen molar-refractivity contribution in [3.05, 3.63) is 40.4 Å². The lowest BCUT2D eigenvalue weighted by molar-refractivity contribution is 0.352. The molecule has 0 unspecified atom stereocenters. The van der Waals surface area contributed by atoms with Crippen molar-refractivity contribution in [2.45, 2.75) is 19.4 Å². The largest absolute Gasteiger partial charge is 0.493 e. The molecule has 1 aromatic carbocycles. The maximum Gasteiger partial charge on any atom is 0.127 e. The lowest BCUT2D eigenvalue weighted by Gasteiger charge is -2.09. The zero-order chi connectivity index (χ0) is 11.4. The van der Waals surface area contributed by atoms with E-state index in [4.69, 9.17) is 4.74 Å². The van der Waals surface area contributed by atoms with Gasteiger partial charge >= 0.3 is 0 Å². The van der Waals surface area contributed by atoms with E-state index >= 15 is 0 Å². The van der Waals surface area contributed by atoms with Gasteiger partial charge in [0.25, 0.3) is 0 Å². The molecule has 1 heterocycles. The minimum absolute atomic E-state index is 0.811. The summed E-state index contributed by atoms with van der Waals surface area (Å²) in [5, 5.41) is 3.39. The Bertz CT molecular complexity index is 390. The van der Waals surface area contributed by atoms with E-state index in [1.54, 1.807) is 0 Å². The number of hydrogen-bond acceptors (Lipinski definition) is 2. The number of nitrogens with one attached hydrogen (secondary N) is 1. The standard InChI is InChI=1S/C13H16BrNO/c1-2-3-5-15-9-11-8-12(14)7-10-4-6-16-13(10)11/h2,7-8,15H,1,3-6,9H2. The molecule has 0 amide bonds. The Hall–Kier alpha value is -0.800. The van der Waals surface area contributed by atoms with Gasteiger partial charge in [0.05, 0.1) is 6.61 Å². The molecule has 1 aromatic rings. The molecule has 0 saturated heterocycles. The van der Waals surface area contributed by atoms with Crippen molar-refractivity contribution in [1.29, 1.82) is 0 Å². The molecular formula is C13H16BrNO. The van der Waals surface area contributed by atoms with Crippen molar-refractivity contribution in [2.24, 2.45) is 0 Å². The van der Waals surface area contributed by atoms with Crippen LogP contribution in [0.3, 0.4) is 0 Å². The molecule has 16 heavy (non-hydrogen) atoms. The third-order valence-corrected chi connectivity index (χ3v) is 3.12. The van der Waals surface area contributed by atoms with Gasteiger partial charge < -0.3 is 10.1 Å². The SMILES string of the molecule is C=CCCNCc1cc(Br)cc2c1OCC2. The lowest BCUT2D eigenvalue weighted by atomic mass is 10.1. The Morgan fingerprint density at radius 3 is 3.19 bits per heavy atom. The van der Waals surface area contributed by atoms with Crippen LogP contribution in [0.2, 0.25) is 0 Å². The third kappa shape index (κ3) is 2.66. The molecule has 1 N–H and O–H groups in total. The number of benzene rings is 1. The van der Waals surface area contributed by atoms with Crippen LogP contribution in [0.15, 0.2) is 29.3 Å². The van der Waals surface area contributed by atoms with Gasteiger partial charge in [0.15, 0.2) is 0 Å². The molecule has 2 rings (SSSR count). The second-order valence-electron chi connectivity index (χ2n) is 3.91. The van der Waals surface area contributed by atoms with E-state index < -0.39 is 0 Å². The van der Waals surface area contributed by atoms with Crippen molar-refractivity contribution in [3.8, 4) is 5.75 Å². The molecular weight excluding hydrogens is 266 g/mol. The molecule has 0 saturated carbocycles. The first-order chi connectivity index (χ1) is 7.81. The molecule has 3 heteroatoms. The first-order valence-electron chi connectivity index (χ1n) is 5.57. The maximum atomic E-state index is 5.66. The molecule has 0 aliphatic carbocycles. The van der Waals surface area contributed by atoms with Gasteiger partial charge in [-0.15, -0.1) is 6.58 Å². The molecule has 0 radical (unpaired) electrons. The minimum atomic E-state index is 0.811. The highest BCUT2D eigenvalue weighted by atomic mass is 79.9. The van der Waals surface area contributed by atoms with E-state index in [2.05, 4.69) is 40.0 Å². The van der Waals surface area contributed by atoms with Crippen molar-refractivity contribution in [3.63, 3.8) is 0 Å². The average molecular weight is 282 g/mol. The van der Waals surface area contributed by atoms with Crippen molar-refractivity contribution >= 4 is 15.9 Å². The summed E-state index contributed by atoms with van der Waals surface area (Å²) in [6, 6.07) is 4.28. The summed E-state index contributed by atoms with van der Waals surface area (Å²) in [6.45, 7) is 6.34. The van der Waals surface area contributed by atoms with Crippen LogP contribution in [0.5, 0.6) is 5.75 Å². The van der Waals surface area contributed by atoms with Gasteiger partial charge in [-0.3, -0.25) is 0 Å². The van der Waals surface area contributed by atoms with Crippen LogP contribution in [0.1, 0.15) is 17.5 Å². The van der Waals surface area contributed by atoms with Crippen LogP contribution in [0.4, 0.5) is 0 Å². The van der Waals surface area contributed by atoms with Gasteiger partial charge in [0.1, 0.15) is 5.75 Å². The molecule has 0 fully saturated rings. The Labute approximate surface area is 105 Å². The van der Waals surface area contributed by atoms with E-state index in [0.29, 0.717) is 0 Å². The molecule has 0 spiro atoms. The molecule has 0 aromatic heterocycles. The number of hydrogen-bond donors (Lipinski definition) is 1. The Morgan fingerprint density at radius 1 is 1.50 bits per heavy atom. The Kier molecular flexibility index (Phi) is 4.02. The van der Waals surface area contributed by atoms with Gasteiger partial charge in [-0.1, -0.05) is 22.0 Å². The average Bonchev–Trinajstić information content (AvgIpc) is 2.72. The van der Waals surface area contributed by atoms with Crippen LogP contribution in [-0.4, -0.2) is 13.2 Å². The highest BCUT2D eigenvalue weighted by molar-refractivity contribution is 9.10. The third-order valence-electron chi connectivity index (χ3n) is 2.67. The van der Waals surface area contributed by atoms with Crippen molar-refractivity contribution < 1.29 is 4.74 Å². The fourth-order valence-corrected chi connectivity index (χ4v) is 2.46. The second kappa shape index (κ2) is 5.51. The summed E-state index contributed by atoms with van der Waals surface area (Å²) in [5.41, 5.74) is 2.56. The van der Waals surface area contributed by atoms with E-state index in [1.807, 2.05) is 6.08 Å². The lowest BCUT2D eigenvalue weighted by Crippen LogP contribution is -2.14. The summed E-state index contributed by atoms with van der Waals surface area (Å²) in [5.74, 6) is 1.08. The topological polar surface area (TPSA) is 21.3 Å².